The summed E-state index contributed by atoms with van der Waals surface area (Å²) in [6.07, 6.45) is 0. The smallest absolute Gasteiger partial charge is 0.218 e. The van der Waals surface area contributed by atoms with E-state index in [4.69, 9.17) is 0 Å². The van der Waals surface area contributed by atoms with Gasteiger partial charge in [-0.15, -0.1) is 0 Å². The molecular weight excluding hydrogens is 603 g/mol. The van der Waals surface area contributed by atoms with E-state index in [0.717, 1.165) is 20.5 Å². The van der Waals surface area contributed by atoms with Crippen LogP contribution in [0.25, 0.3) is 11.4 Å². The molecule has 0 spiro atoms. The van der Waals surface area contributed by atoms with Gasteiger partial charge in [0.1, 0.15) is 0 Å². The van der Waals surface area contributed by atoms with Crippen molar-refractivity contribution in [3.05, 3.63) is 117 Å². The molecule has 0 aliphatic rings. The van der Waals surface area contributed by atoms with Crippen molar-refractivity contribution < 1.29 is 27.3 Å². The zero-order valence-corrected chi connectivity index (χ0v) is 22.1. The Bertz CT molecular complexity index is 1360. The minimum atomic E-state index is -0.466. The zero-order chi connectivity index (χ0) is 23.8. The molecule has 0 fully saturated rings. The topological polar surface area (TPSA) is 76.1 Å². The first kappa shape index (κ1) is 25.0. The third kappa shape index (κ3) is 4.61. The largest absolute Gasteiger partial charge is 0.493 e. The molecule has 5 aromatic rings. The Labute approximate surface area is 227 Å². The van der Waals surface area contributed by atoms with Crippen molar-refractivity contribution in [2.45, 2.75) is 19.8 Å². The fourth-order valence-electron chi connectivity index (χ4n) is 4.36. The molecule has 2 N–H and O–H groups in total. The SMILES string of the molecule is Cc1nn(-c2ccccc2)c(O)c1C(c1ccc(I)cc1)c1c(C)nn(-c2ccccc2)c1O.[Cu]. The number of halogens is 1. The van der Waals surface area contributed by atoms with Crippen LogP contribution < -0.4 is 0 Å². The van der Waals surface area contributed by atoms with Gasteiger partial charge in [-0.2, -0.15) is 10.2 Å². The average molecular weight is 626 g/mol. The standard InChI is InChI=1S/C27H23IN4O2.Cu/c1-17-23(26(33)31(29-17)21-9-5-3-6-10-21)25(19-13-15-20(28)16-14-19)24-18(2)30-32(27(24)34)22-11-7-4-8-12-22;/h3-16,25,33-34H,1-2H3;. The summed E-state index contributed by atoms with van der Waals surface area (Å²) in [7, 11) is 0. The van der Waals surface area contributed by atoms with Gasteiger partial charge < -0.3 is 10.2 Å². The van der Waals surface area contributed by atoms with Gasteiger partial charge in [0.15, 0.2) is 0 Å². The summed E-state index contributed by atoms with van der Waals surface area (Å²) in [6.45, 7) is 3.75. The maximum atomic E-state index is 11.4. The van der Waals surface area contributed by atoms with Crippen molar-refractivity contribution in [3.8, 4) is 23.1 Å². The fourth-order valence-corrected chi connectivity index (χ4v) is 4.72. The van der Waals surface area contributed by atoms with Crippen LogP contribution in [-0.4, -0.2) is 29.8 Å². The van der Waals surface area contributed by atoms with Crippen LogP contribution in [0.4, 0.5) is 0 Å². The molecule has 0 atom stereocenters. The average Bonchev–Trinajstić information content (AvgIpc) is 3.32. The summed E-state index contributed by atoms with van der Waals surface area (Å²) in [5.41, 5.74) is 5.07. The van der Waals surface area contributed by atoms with Crippen molar-refractivity contribution >= 4 is 22.6 Å². The maximum Gasteiger partial charge on any atom is 0.218 e. The van der Waals surface area contributed by atoms with Gasteiger partial charge in [-0.1, -0.05) is 48.5 Å². The van der Waals surface area contributed by atoms with Gasteiger partial charge in [0, 0.05) is 37.7 Å². The summed E-state index contributed by atoms with van der Waals surface area (Å²) in [4.78, 5) is 0. The van der Waals surface area contributed by atoms with Crippen molar-refractivity contribution in [3.63, 3.8) is 0 Å². The molecule has 0 unspecified atom stereocenters. The number of aromatic nitrogens is 4. The Morgan fingerprint density at radius 1 is 0.657 bits per heavy atom. The van der Waals surface area contributed by atoms with E-state index in [1.54, 1.807) is 9.36 Å². The van der Waals surface area contributed by atoms with Crippen molar-refractivity contribution in [2.24, 2.45) is 0 Å². The minimum Gasteiger partial charge on any atom is -0.493 e. The monoisotopic (exact) mass is 625 g/mol. The molecule has 0 aliphatic carbocycles. The van der Waals surface area contributed by atoms with Crippen LogP contribution in [0.2, 0.25) is 0 Å². The number of aryl methyl sites for hydroxylation is 2. The molecular formula is C27H23CuIN4O2. The van der Waals surface area contributed by atoms with Crippen molar-refractivity contribution in [1.82, 2.24) is 19.6 Å². The van der Waals surface area contributed by atoms with E-state index in [2.05, 4.69) is 32.8 Å². The van der Waals surface area contributed by atoms with Crippen LogP contribution in [0, 0.1) is 17.4 Å². The van der Waals surface area contributed by atoms with Crippen LogP contribution in [0.3, 0.4) is 0 Å². The number of rotatable bonds is 5. The second-order valence-corrected chi connectivity index (χ2v) is 9.37. The molecule has 35 heavy (non-hydrogen) atoms. The summed E-state index contributed by atoms with van der Waals surface area (Å²) in [5, 5.41) is 32.1. The van der Waals surface area contributed by atoms with Crippen LogP contribution in [-0.2, 0) is 17.1 Å². The Balaban J connectivity index is 0.00000289. The Kier molecular flexibility index (Phi) is 7.35. The van der Waals surface area contributed by atoms with Crippen molar-refractivity contribution in [1.29, 1.82) is 0 Å². The fraction of sp³-hybridized carbons (Fsp3) is 0.111. The van der Waals surface area contributed by atoms with Crippen molar-refractivity contribution in [2.75, 3.05) is 0 Å². The molecule has 3 aromatic carbocycles. The molecule has 2 aromatic heterocycles. The zero-order valence-electron chi connectivity index (χ0n) is 19.0. The third-order valence-corrected chi connectivity index (χ3v) is 6.66. The molecule has 181 valence electrons. The van der Waals surface area contributed by atoms with Gasteiger partial charge in [-0.3, -0.25) is 0 Å². The number of hydrogen-bond donors (Lipinski definition) is 2. The van der Waals surface area contributed by atoms with Gasteiger partial charge in [-0.25, -0.2) is 9.36 Å². The summed E-state index contributed by atoms with van der Waals surface area (Å²) in [6, 6.07) is 27.1. The summed E-state index contributed by atoms with van der Waals surface area (Å²) >= 11 is 2.27. The van der Waals surface area contributed by atoms with E-state index in [0.29, 0.717) is 22.5 Å². The second-order valence-electron chi connectivity index (χ2n) is 8.12. The van der Waals surface area contributed by atoms with E-state index in [1.807, 2.05) is 98.8 Å². The molecule has 5 rings (SSSR count). The van der Waals surface area contributed by atoms with Gasteiger partial charge in [0.05, 0.1) is 22.8 Å². The van der Waals surface area contributed by atoms with E-state index in [9.17, 15) is 10.2 Å². The van der Waals surface area contributed by atoms with Gasteiger partial charge in [0.2, 0.25) is 11.8 Å². The number of aromatic hydroxyl groups is 2. The predicted molar refractivity (Wildman–Crippen MR) is 140 cm³/mol. The quantitative estimate of drug-likeness (QED) is 0.189. The predicted octanol–water partition coefficient (Wildman–Crippen LogP) is 5.87. The van der Waals surface area contributed by atoms with Crippen LogP contribution in [0.1, 0.15) is 34.0 Å². The maximum absolute atomic E-state index is 11.4. The molecule has 0 amide bonds. The second kappa shape index (κ2) is 10.3. The van der Waals surface area contributed by atoms with E-state index < -0.39 is 5.92 Å². The molecule has 1 radical (unpaired) electrons. The van der Waals surface area contributed by atoms with Gasteiger partial charge in [-0.05, 0) is 78.4 Å². The van der Waals surface area contributed by atoms with Crippen LogP contribution in [0.5, 0.6) is 11.8 Å². The number of hydrogen-bond acceptors (Lipinski definition) is 4. The van der Waals surface area contributed by atoms with Gasteiger partial charge in [0.25, 0.3) is 0 Å². The molecule has 0 saturated carbocycles. The molecule has 0 saturated heterocycles. The summed E-state index contributed by atoms with van der Waals surface area (Å²) < 4.78 is 4.18. The molecule has 2 heterocycles. The molecule has 0 aliphatic heterocycles. The first-order valence-electron chi connectivity index (χ1n) is 10.9. The third-order valence-electron chi connectivity index (χ3n) is 5.94. The number of para-hydroxylation sites is 2. The number of nitrogens with zero attached hydrogens (tertiary/aromatic N) is 4. The van der Waals surface area contributed by atoms with Crippen LogP contribution >= 0.6 is 22.6 Å². The Morgan fingerprint density at radius 3 is 1.46 bits per heavy atom. The van der Waals surface area contributed by atoms with Crippen LogP contribution in [0.15, 0.2) is 84.9 Å². The number of benzene rings is 3. The first-order valence-corrected chi connectivity index (χ1v) is 12.0. The summed E-state index contributed by atoms with van der Waals surface area (Å²) in [5.74, 6) is -0.385. The Morgan fingerprint density at radius 2 is 1.06 bits per heavy atom. The minimum absolute atomic E-state index is 0. The molecule has 8 heteroatoms. The molecule has 0 bridgehead atoms. The first-order chi connectivity index (χ1) is 16.5. The molecule has 6 nitrogen and oxygen atoms in total. The van der Waals surface area contributed by atoms with Gasteiger partial charge >= 0.3 is 0 Å². The van der Waals surface area contributed by atoms with E-state index in [-0.39, 0.29) is 28.8 Å². The Hall–Kier alpha value is -3.07. The normalized spacial score (nSPS) is 11.0. The van der Waals surface area contributed by atoms with E-state index >= 15 is 0 Å². The van der Waals surface area contributed by atoms with E-state index in [1.165, 1.54) is 0 Å².